The Hall–Kier alpha value is -1.88. The molecule has 1 atom stereocenters. The van der Waals surface area contributed by atoms with E-state index in [4.69, 9.17) is 0 Å². The number of imide groups is 1. The molecule has 3 N–H and O–H groups in total. The van der Waals surface area contributed by atoms with Crippen molar-refractivity contribution in [3.05, 3.63) is 35.4 Å². The van der Waals surface area contributed by atoms with Gasteiger partial charge in [0.2, 0.25) is 5.91 Å². The van der Waals surface area contributed by atoms with Crippen molar-refractivity contribution in [3.8, 4) is 0 Å². The third-order valence-corrected chi connectivity index (χ3v) is 3.68. The molecular weight excluding hydrogens is 290 g/mol. The maximum atomic E-state index is 11.8. The third-order valence-electron chi connectivity index (χ3n) is 3.68. The SMILES string of the molecule is CCCNC(=O)NC(=O)CN[C@@H](c1ccc(CC)cc1)C(C)C. The van der Waals surface area contributed by atoms with Gasteiger partial charge in [0.05, 0.1) is 6.54 Å². The molecule has 1 rings (SSSR count). The van der Waals surface area contributed by atoms with Gasteiger partial charge in [0, 0.05) is 12.6 Å². The monoisotopic (exact) mass is 319 g/mol. The second kappa shape index (κ2) is 10.0. The summed E-state index contributed by atoms with van der Waals surface area (Å²) >= 11 is 0. The molecule has 128 valence electrons. The number of amides is 3. The van der Waals surface area contributed by atoms with E-state index in [1.807, 2.05) is 6.92 Å². The van der Waals surface area contributed by atoms with Crippen molar-refractivity contribution in [2.24, 2.45) is 5.92 Å². The van der Waals surface area contributed by atoms with Crippen LogP contribution >= 0.6 is 0 Å². The molecule has 0 radical (unpaired) electrons. The van der Waals surface area contributed by atoms with Crippen LogP contribution in [0.3, 0.4) is 0 Å². The highest BCUT2D eigenvalue weighted by Crippen LogP contribution is 2.21. The Morgan fingerprint density at radius 1 is 1.09 bits per heavy atom. The zero-order chi connectivity index (χ0) is 17.2. The molecule has 0 aliphatic carbocycles. The minimum absolute atomic E-state index is 0.0744. The molecule has 0 spiro atoms. The zero-order valence-electron chi connectivity index (χ0n) is 14.6. The van der Waals surface area contributed by atoms with Crippen molar-refractivity contribution in [2.45, 2.75) is 46.6 Å². The Bertz CT molecular complexity index is 497. The lowest BCUT2D eigenvalue weighted by molar-refractivity contribution is -0.119. The summed E-state index contributed by atoms with van der Waals surface area (Å²) < 4.78 is 0. The molecule has 5 heteroatoms. The first-order valence-electron chi connectivity index (χ1n) is 8.37. The van der Waals surface area contributed by atoms with Crippen molar-refractivity contribution in [3.63, 3.8) is 0 Å². The molecular formula is C18H29N3O2. The van der Waals surface area contributed by atoms with Gasteiger partial charge in [0.15, 0.2) is 0 Å². The van der Waals surface area contributed by atoms with E-state index in [0.717, 1.165) is 18.4 Å². The van der Waals surface area contributed by atoms with Crippen LogP contribution in [0.25, 0.3) is 0 Å². The predicted octanol–water partition coefficient (Wildman–Crippen LogP) is 2.77. The summed E-state index contributed by atoms with van der Waals surface area (Å²) in [6.07, 6.45) is 1.85. The zero-order valence-corrected chi connectivity index (χ0v) is 14.6. The molecule has 0 saturated heterocycles. The number of nitrogens with one attached hydrogen (secondary N) is 3. The van der Waals surface area contributed by atoms with Gasteiger partial charge in [0.1, 0.15) is 0 Å². The smallest absolute Gasteiger partial charge is 0.321 e. The minimum Gasteiger partial charge on any atom is -0.338 e. The molecule has 0 heterocycles. The Morgan fingerprint density at radius 3 is 2.26 bits per heavy atom. The van der Waals surface area contributed by atoms with Crippen LogP contribution in [0.5, 0.6) is 0 Å². The number of hydrogen-bond acceptors (Lipinski definition) is 3. The first-order chi connectivity index (χ1) is 11.0. The van der Waals surface area contributed by atoms with E-state index in [9.17, 15) is 9.59 Å². The molecule has 0 unspecified atom stereocenters. The van der Waals surface area contributed by atoms with Crippen LogP contribution in [0.1, 0.15) is 51.3 Å². The molecule has 1 aromatic carbocycles. The van der Waals surface area contributed by atoms with Crippen molar-refractivity contribution in [1.29, 1.82) is 0 Å². The van der Waals surface area contributed by atoms with E-state index in [1.165, 1.54) is 5.56 Å². The second-order valence-electron chi connectivity index (χ2n) is 6.00. The number of hydrogen-bond donors (Lipinski definition) is 3. The minimum atomic E-state index is -0.438. The van der Waals surface area contributed by atoms with Crippen LogP contribution < -0.4 is 16.0 Å². The molecule has 0 aromatic heterocycles. The average molecular weight is 319 g/mol. The molecule has 1 aromatic rings. The molecule has 0 bridgehead atoms. The molecule has 0 aliphatic rings. The van der Waals surface area contributed by atoms with E-state index in [0.29, 0.717) is 12.5 Å². The number of rotatable bonds is 8. The highest BCUT2D eigenvalue weighted by atomic mass is 16.2. The van der Waals surface area contributed by atoms with E-state index < -0.39 is 6.03 Å². The van der Waals surface area contributed by atoms with Crippen LogP contribution in [-0.4, -0.2) is 25.0 Å². The van der Waals surface area contributed by atoms with Gasteiger partial charge in [0.25, 0.3) is 0 Å². The molecule has 23 heavy (non-hydrogen) atoms. The summed E-state index contributed by atoms with van der Waals surface area (Å²) in [7, 11) is 0. The fourth-order valence-electron chi connectivity index (χ4n) is 2.36. The summed E-state index contributed by atoms with van der Waals surface area (Å²) in [5.74, 6) is 0.0126. The van der Waals surface area contributed by atoms with Crippen LogP contribution in [0.15, 0.2) is 24.3 Å². The van der Waals surface area contributed by atoms with Gasteiger partial charge in [-0.15, -0.1) is 0 Å². The normalized spacial score (nSPS) is 12.0. The second-order valence-corrected chi connectivity index (χ2v) is 6.00. The highest BCUT2D eigenvalue weighted by molar-refractivity contribution is 5.95. The van der Waals surface area contributed by atoms with Crippen molar-refractivity contribution >= 4 is 11.9 Å². The van der Waals surface area contributed by atoms with E-state index in [2.05, 4.69) is 61.0 Å². The summed E-state index contributed by atoms with van der Waals surface area (Å²) in [4.78, 5) is 23.3. The van der Waals surface area contributed by atoms with Crippen molar-refractivity contribution in [2.75, 3.05) is 13.1 Å². The first-order valence-corrected chi connectivity index (χ1v) is 8.37. The summed E-state index contributed by atoms with van der Waals surface area (Å²) in [6.45, 7) is 8.97. The number of aryl methyl sites for hydroxylation is 1. The Balaban J connectivity index is 2.56. The number of benzene rings is 1. The van der Waals surface area contributed by atoms with Gasteiger partial charge < -0.3 is 10.6 Å². The fourth-order valence-corrected chi connectivity index (χ4v) is 2.36. The highest BCUT2D eigenvalue weighted by Gasteiger charge is 2.17. The van der Waals surface area contributed by atoms with Crippen LogP contribution in [0.4, 0.5) is 4.79 Å². The van der Waals surface area contributed by atoms with Crippen molar-refractivity contribution < 1.29 is 9.59 Å². The van der Waals surface area contributed by atoms with Crippen molar-refractivity contribution in [1.82, 2.24) is 16.0 Å². The Morgan fingerprint density at radius 2 is 1.74 bits per heavy atom. The average Bonchev–Trinajstić information content (AvgIpc) is 2.53. The van der Waals surface area contributed by atoms with Gasteiger partial charge in [-0.05, 0) is 29.9 Å². The Kier molecular flexibility index (Phi) is 8.33. The van der Waals surface area contributed by atoms with E-state index in [-0.39, 0.29) is 18.5 Å². The maximum absolute atomic E-state index is 11.8. The number of carbonyl (C=O) groups is 2. The van der Waals surface area contributed by atoms with Gasteiger partial charge in [-0.1, -0.05) is 52.0 Å². The molecule has 5 nitrogen and oxygen atoms in total. The van der Waals surface area contributed by atoms with Gasteiger partial charge in [-0.25, -0.2) is 4.79 Å². The van der Waals surface area contributed by atoms with Crippen LogP contribution in [0.2, 0.25) is 0 Å². The number of carbonyl (C=O) groups excluding carboxylic acids is 2. The molecule has 0 aliphatic heterocycles. The molecule has 0 saturated carbocycles. The van der Waals surface area contributed by atoms with Gasteiger partial charge in [-0.3, -0.25) is 10.1 Å². The predicted molar refractivity (Wildman–Crippen MR) is 93.2 cm³/mol. The van der Waals surface area contributed by atoms with Gasteiger partial charge in [-0.2, -0.15) is 0 Å². The lowest BCUT2D eigenvalue weighted by Crippen LogP contribution is -2.44. The molecule has 0 fully saturated rings. The fraction of sp³-hybridized carbons (Fsp3) is 0.556. The first kappa shape index (κ1) is 19.2. The number of urea groups is 1. The standard InChI is InChI=1S/C18H29N3O2/c1-5-11-19-18(23)21-16(22)12-20-17(13(3)4)15-9-7-14(6-2)8-10-15/h7-10,13,17,20H,5-6,11-12H2,1-4H3,(H2,19,21,22,23)/t17-/m1/s1. The maximum Gasteiger partial charge on any atom is 0.321 e. The topological polar surface area (TPSA) is 70.2 Å². The summed E-state index contributed by atoms with van der Waals surface area (Å²) in [5.41, 5.74) is 2.45. The lowest BCUT2D eigenvalue weighted by atomic mass is 9.95. The third kappa shape index (κ3) is 6.82. The van der Waals surface area contributed by atoms with E-state index in [1.54, 1.807) is 0 Å². The van der Waals surface area contributed by atoms with Gasteiger partial charge >= 0.3 is 6.03 Å². The quantitative estimate of drug-likeness (QED) is 0.690. The lowest BCUT2D eigenvalue weighted by Gasteiger charge is -2.23. The Labute approximate surface area is 139 Å². The van der Waals surface area contributed by atoms with E-state index >= 15 is 0 Å². The summed E-state index contributed by atoms with van der Waals surface area (Å²) in [5, 5.41) is 8.19. The van der Waals surface area contributed by atoms with Crippen LogP contribution in [-0.2, 0) is 11.2 Å². The largest absolute Gasteiger partial charge is 0.338 e. The van der Waals surface area contributed by atoms with Crippen LogP contribution in [0, 0.1) is 5.92 Å². The summed E-state index contributed by atoms with van der Waals surface area (Å²) in [6, 6.07) is 8.07. The molecule has 3 amide bonds.